The Morgan fingerprint density at radius 1 is 0.880 bits per heavy atom. The zero-order chi connectivity index (χ0) is 19.0. The fourth-order valence-corrected chi connectivity index (χ4v) is 2.93. The lowest BCUT2D eigenvalue weighted by atomic mass is 9.94. The third-order valence-electron chi connectivity index (χ3n) is 5.06. The van der Waals surface area contributed by atoms with Crippen LogP contribution in [0.2, 0.25) is 0 Å². The molecule has 1 atom stereocenters. The van der Waals surface area contributed by atoms with Crippen LogP contribution in [0.1, 0.15) is 125 Å². The Hall–Kier alpha value is -0.570. The van der Waals surface area contributed by atoms with E-state index in [1.165, 1.54) is 51.4 Å². The molecule has 0 aromatic carbocycles. The second kappa shape index (κ2) is 15.7. The quantitative estimate of drug-likeness (QED) is 0.155. The first-order valence-electron chi connectivity index (χ1n) is 10.8. The maximum atomic E-state index is 11.8. The van der Waals surface area contributed by atoms with E-state index >= 15 is 0 Å². The van der Waals surface area contributed by atoms with Gasteiger partial charge in [0.2, 0.25) is 0 Å². The molecule has 0 aromatic rings. The highest BCUT2D eigenvalue weighted by Gasteiger charge is 2.26. The van der Waals surface area contributed by atoms with Crippen molar-refractivity contribution in [3.8, 4) is 0 Å². The van der Waals surface area contributed by atoms with Gasteiger partial charge in [-0.05, 0) is 32.1 Å². The van der Waals surface area contributed by atoms with Crippen LogP contribution in [-0.4, -0.2) is 11.6 Å². The average Bonchev–Trinajstić information content (AvgIpc) is 2.58. The smallest absolute Gasteiger partial charge is 0.298 e. The minimum atomic E-state index is -0.344. The summed E-state index contributed by atoms with van der Waals surface area (Å²) in [5, 5.41) is 0. The number of unbranched alkanes of at least 4 members (excludes halogenated alkanes) is 8. The molecule has 0 rings (SSSR count). The van der Waals surface area contributed by atoms with Crippen LogP contribution in [0.3, 0.4) is 0 Å². The molecule has 0 saturated carbocycles. The Labute approximate surface area is 157 Å². The van der Waals surface area contributed by atoms with E-state index in [1.54, 1.807) is 0 Å². The second-order valence-electron chi connectivity index (χ2n) is 8.21. The van der Waals surface area contributed by atoms with Crippen molar-refractivity contribution in [1.82, 2.24) is 0 Å². The molecule has 0 saturated heterocycles. The standard InChI is InChI=1S/C22H44O3/c1-6-8-9-10-11-12-13-14-15-18-21(23)24-25-22(5,7-2)19-16-17-20(3)4/h20H,6-19H2,1-5H3. The molecule has 0 radical (unpaired) electrons. The van der Waals surface area contributed by atoms with Crippen LogP contribution in [0.25, 0.3) is 0 Å². The summed E-state index contributed by atoms with van der Waals surface area (Å²) >= 11 is 0. The fraction of sp³-hybridized carbons (Fsp3) is 0.955. The predicted molar refractivity (Wildman–Crippen MR) is 106 cm³/mol. The molecular weight excluding hydrogens is 312 g/mol. The lowest BCUT2D eigenvalue weighted by molar-refractivity contribution is -0.331. The van der Waals surface area contributed by atoms with E-state index < -0.39 is 0 Å². The molecule has 3 nitrogen and oxygen atoms in total. The molecule has 0 aliphatic heterocycles. The van der Waals surface area contributed by atoms with E-state index in [0.29, 0.717) is 12.3 Å². The molecule has 0 spiro atoms. The largest absolute Gasteiger partial charge is 0.342 e. The zero-order valence-electron chi connectivity index (χ0n) is 17.7. The van der Waals surface area contributed by atoms with Gasteiger partial charge in [0.25, 0.3) is 0 Å². The SMILES string of the molecule is CCCCCCCCCCCC(=O)OOC(C)(CC)CCCC(C)C. The van der Waals surface area contributed by atoms with Gasteiger partial charge in [-0.1, -0.05) is 91.9 Å². The van der Waals surface area contributed by atoms with Gasteiger partial charge in [-0.3, -0.25) is 4.89 Å². The van der Waals surface area contributed by atoms with E-state index in [9.17, 15) is 4.79 Å². The van der Waals surface area contributed by atoms with Gasteiger partial charge in [0.1, 0.15) is 5.60 Å². The van der Waals surface area contributed by atoms with Gasteiger partial charge < -0.3 is 0 Å². The molecule has 0 heterocycles. The third kappa shape index (κ3) is 15.4. The first-order chi connectivity index (χ1) is 11.9. The van der Waals surface area contributed by atoms with Crippen molar-refractivity contribution in [2.24, 2.45) is 5.92 Å². The van der Waals surface area contributed by atoms with Crippen LogP contribution in [0.4, 0.5) is 0 Å². The van der Waals surface area contributed by atoms with Crippen LogP contribution in [0, 0.1) is 5.92 Å². The van der Waals surface area contributed by atoms with Crippen LogP contribution >= 0.6 is 0 Å². The fourth-order valence-electron chi connectivity index (χ4n) is 2.93. The normalized spacial score (nSPS) is 13.8. The second-order valence-corrected chi connectivity index (χ2v) is 8.21. The van der Waals surface area contributed by atoms with Crippen molar-refractivity contribution >= 4 is 5.97 Å². The molecule has 3 heteroatoms. The third-order valence-corrected chi connectivity index (χ3v) is 5.06. The van der Waals surface area contributed by atoms with Crippen LogP contribution in [-0.2, 0) is 14.6 Å². The maximum absolute atomic E-state index is 11.8. The monoisotopic (exact) mass is 356 g/mol. The summed E-state index contributed by atoms with van der Waals surface area (Å²) in [7, 11) is 0. The minimum absolute atomic E-state index is 0.216. The topological polar surface area (TPSA) is 35.5 Å². The molecule has 0 fully saturated rings. The number of carbonyl (C=O) groups is 1. The summed E-state index contributed by atoms with van der Waals surface area (Å²) in [6.45, 7) is 10.8. The Morgan fingerprint density at radius 3 is 1.96 bits per heavy atom. The van der Waals surface area contributed by atoms with Crippen LogP contribution in [0.5, 0.6) is 0 Å². The molecule has 150 valence electrons. The number of carbonyl (C=O) groups excluding carboxylic acids is 1. The van der Waals surface area contributed by atoms with Gasteiger partial charge in [-0.15, -0.1) is 0 Å². The van der Waals surface area contributed by atoms with Gasteiger partial charge in [-0.25, -0.2) is 4.79 Å². The summed E-state index contributed by atoms with van der Waals surface area (Å²) in [6.07, 6.45) is 15.8. The number of hydrogen-bond donors (Lipinski definition) is 0. The predicted octanol–water partition coefficient (Wildman–Crippen LogP) is 7.38. The van der Waals surface area contributed by atoms with Gasteiger partial charge >= 0.3 is 5.97 Å². The van der Waals surface area contributed by atoms with E-state index in [1.807, 2.05) is 6.92 Å². The highest BCUT2D eigenvalue weighted by atomic mass is 17.2. The van der Waals surface area contributed by atoms with Crippen LogP contribution < -0.4 is 0 Å². The highest BCUT2D eigenvalue weighted by molar-refractivity contribution is 5.68. The Bertz CT molecular complexity index is 314. The minimum Gasteiger partial charge on any atom is -0.298 e. The molecule has 0 bridgehead atoms. The maximum Gasteiger partial charge on any atom is 0.342 e. The van der Waals surface area contributed by atoms with E-state index in [4.69, 9.17) is 9.78 Å². The molecular formula is C22H44O3. The molecule has 0 amide bonds. The molecule has 0 aliphatic rings. The van der Waals surface area contributed by atoms with E-state index in [-0.39, 0.29) is 11.6 Å². The van der Waals surface area contributed by atoms with Crippen molar-refractivity contribution in [2.75, 3.05) is 0 Å². The first kappa shape index (κ1) is 24.4. The van der Waals surface area contributed by atoms with Crippen molar-refractivity contribution in [1.29, 1.82) is 0 Å². The van der Waals surface area contributed by atoms with Crippen molar-refractivity contribution in [3.05, 3.63) is 0 Å². The lowest BCUT2D eigenvalue weighted by Gasteiger charge is -2.26. The Balaban J connectivity index is 3.66. The van der Waals surface area contributed by atoms with Gasteiger partial charge in [0.05, 0.1) is 0 Å². The summed E-state index contributed by atoms with van der Waals surface area (Å²) in [6, 6.07) is 0. The molecule has 25 heavy (non-hydrogen) atoms. The Morgan fingerprint density at radius 2 is 1.44 bits per heavy atom. The molecule has 1 unspecified atom stereocenters. The summed E-state index contributed by atoms with van der Waals surface area (Å²) in [5.41, 5.74) is -0.344. The van der Waals surface area contributed by atoms with Gasteiger partial charge in [-0.2, -0.15) is 4.89 Å². The molecule has 0 aromatic heterocycles. The zero-order valence-corrected chi connectivity index (χ0v) is 17.7. The Kier molecular flexibility index (Phi) is 15.3. The highest BCUT2D eigenvalue weighted by Crippen LogP contribution is 2.24. The number of hydrogen-bond acceptors (Lipinski definition) is 3. The molecule has 0 N–H and O–H groups in total. The van der Waals surface area contributed by atoms with Gasteiger partial charge in [0.15, 0.2) is 0 Å². The van der Waals surface area contributed by atoms with Crippen molar-refractivity contribution < 1.29 is 14.6 Å². The number of rotatable bonds is 17. The van der Waals surface area contributed by atoms with E-state index in [0.717, 1.165) is 32.1 Å². The summed E-state index contributed by atoms with van der Waals surface area (Å²) in [4.78, 5) is 22.4. The molecule has 0 aliphatic carbocycles. The first-order valence-corrected chi connectivity index (χ1v) is 10.8. The van der Waals surface area contributed by atoms with E-state index in [2.05, 4.69) is 27.7 Å². The average molecular weight is 357 g/mol. The van der Waals surface area contributed by atoms with Crippen molar-refractivity contribution in [2.45, 2.75) is 130 Å². The summed E-state index contributed by atoms with van der Waals surface area (Å²) < 4.78 is 0. The van der Waals surface area contributed by atoms with Gasteiger partial charge in [0, 0.05) is 6.42 Å². The van der Waals surface area contributed by atoms with Crippen LogP contribution in [0.15, 0.2) is 0 Å². The lowest BCUT2D eigenvalue weighted by Crippen LogP contribution is -2.29. The van der Waals surface area contributed by atoms with Crippen molar-refractivity contribution in [3.63, 3.8) is 0 Å². The summed E-state index contributed by atoms with van der Waals surface area (Å²) in [5.74, 6) is 0.488.